The summed E-state index contributed by atoms with van der Waals surface area (Å²) in [5, 5.41) is 3.43. The fourth-order valence-corrected chi connectivity index (χ4v) is 15.5. The van der Waals surface area contributed by atoms with Crippen LogP contribution in [0.2, 0.25) is 0 Å². The second-order valence-electron chi connectivity index (χ2n) is 21.7. The van der Waals surface area contributed by atoms with Gasteiger partial charge in [0, 0.05) is 84.7 Å². The van der Waals surface area contributed by atoms with Crippen LogP contribution >= 0.6 is 45.3 Å². The smallest absolute Gasteiger partial charge is 0.200 e. The summed E-state index contributed by atoms with van der Waals surface area (Å²) in [6.07, 6.45) is 8.34. The van der Waals surface area contributed by atoms with E-state index in [1.165, 1.54) is 34.8 Å². The second-order valence-corrected chi connectivity index (χ2v) is 25.8. The molecular weight excluding hydrogens is 1430 g/mol. The number of halogens is 20. The van der Waals surface area contributed by atoms with Gasteiger partial charge in [-0.2, -0.15) is 0 Å². The topological polar surface area (TPSA) is 83.1 Å². The number of H-pyrrole nitrogens is 2. The highest BCUT2D eigenvalue weighted by Gasteiger charge is 2.36. The van der Waals surface area contributed by atoms with Gasteiger partial charge < -0.3 is 9.97 Å². The number of aromatic amines is 2. The van der Waals surface area contributed by atoms with E-state index in [9.17, 15) is 17.6 Å². The molecule has 12 bridgehead atoms. The number of hydrogen-bond acceptors (Lipinski definition) is 8. The molecule has 4 aliphatic rings. The molecule has 0 fully saturated rings. The minimum atomic E-state index is -2.63. The van der Waals surface area contributed by atoms with Crippen LogP contribution in [-0.4, -0.2) is 29.9 Å². The van der Waals surface area contributed by atoms with Gasteiger partial charge in [-0.3, -0.25) is 0 Å². The first-order valence-electron chi connectivity index (χ1n) is 28.5. The van der Waals surface area contributed by atoms with Crippen LogP contribution in [0.4, 0.5) is 87.8 Å². The lowest BCUT2D eigenvalue weighted by molar-refractivity contribution is 0.381. The van der Waals surface area contributed by atoms with Crippen molar-refractivity contribution in [2.45, 2.75) is 0 Å². The van der Waals surface area contributed by atoms with Crippen molar-refractivity contribution in [3.8, 4) is 84.9 Å². The largest absolute Gasteiger partial charge is 0.354 e. The number of benzene rings is 4. The highest BCUT2D eigenvalue weighted by molar-refractivity contribution is 7.23. The van der Waals surface area contributed by atoms with Crippen LogP contribution in [0.15, 0.2) is 83.6 Å². The Morgan fingerprint density at radius 1 is 0.200 bits per heavy atom. The molecule has 2 N–H and O–H groups in total. The molecular formula is C70H24F20N6S4. The third-order valence-corrected chi connectivity index (χ3v) is 20.5. The average Bonchev–Trinajstić information content (AvgIpc) is 1.56. The summed E-state index contributed by atoms with van der Waals surface area (Å²) in [6, 6.07) is 16.3. The van der Waals surface area contributed by atoms with Gasteiger partial charge in [-0.05, 0) is 120 Å². The van der Waals surface area contributed by atoms with Crippen LogP contribution in [0, 0.1) is 116 Å². The van der Waals surface area contributed by atoms with Crippen molar-refractivity contribution in [2.75, 3.05) is 0 Å². The molecule has 7 aromatic heterocycles. The number of rotatable bonds is 8. The van der Waals surface area contributed by atoms with Crippen molar-refractivity contribution < 1.29 is 87.8 Å². The van der Waals surface area contributed by atoms with Crippen LogP contribution in [0.25, 0.3) is 156 Å². The molecule has 0 amide bonds. The third kappa shape index (κ3) is 10.3. The summed E-state index contributed by atoms with van der Waals surface area (Å²) in [5.74, 6) is -50.4. The summed E-state index contributed by atoms with van der Waals surface area (Å²) < 4.78 is 318. The highest BCUT2D eigenvalue weighted by Crippen LogP contribution is 2.48. The molecule has 100 heavy (non-hydrogen) atoms. The Morgan fingerprint density at radius 3 is 0.610 bits per heavy atom. The quantitative estimate of drug-likeness (QED) is 0.0902. The van der Waals surface area contributed by atoms with E-state index in [-0.39, 0.29) is 43.7 Å². The number of fused-ring (bicyclic) bond motifs is 12. The first kappa shape index (κ1) is 65.1. The zero-order chi connectivity index (χ0) is 70.3. The molecule has 0 unspecified atom stereocenters. The van der Waals surface area contributed by atoms with Gasteiger partial charge in [0.2, 0.25) is 23.3 Å². The Hall–Kier alpha value is -10.8. The first-order chi connectivity index (χ1) is 47.9. The normalized spacial score (nSPS) is 12.4. The maximum Gasteiger partial charge on any atom is 0.200 e. The van der Waals surface area contributed by atoms with Gasteiger partial charge in [0.25, 0.3) is 0 Å². The summed E-state index contributed by atoms with van der Waals surface area (Å²) >= 11 is 4.52. The second kappa shape index (κ2) is 24.6. The lowest BCUT2D eigenvalue weighted by atomic mass is 10.0. The zero-order valence-corrected chi connectivity index (χ0v) is 51.9. The van der Waals surface area contributed by atoms with Crippen molar-refractivity contribution in [1.29, 1.82) is 0 Å². The summed E-state index contributed by atoms with van der Waals surface area (Å²) in [6.45, 7) is 0. The molecule has 0 spiro atoms. The van der Waals surface area contributed by atoms with Crippen molar-refractivity contribution in [3.63, 3.8) is 0 Å². The molecule has 0 saturated carbocycles. The predicted molar refractivity (Wildman–Crippen MR) is 342 cm³/mol. The number of thiophene rings is 4. The molecule has 4 aliphatic heterocycles. The Labute approximate surface area is 561 Å². The van der Waals surface area contributed by atoms with E-state index in [0.717, 1.165) is 95.5 Å². The Morgan fingerprint density at radius 2 is 0.400 bits per heavy atom. The molecule has 0 aliphatic carbocycles. The highest BCUT2D eigenvalue weighted by atomic mass is 32.1. The fraction of sp³-hybridized carbons (Fsp3) is 0. The average molecular weight is 1460 g/mol. The molecule has 0 atom stereocenters. The maximum absolute atomic E-state index is 16.6. The van der Waals surface area contributed by atoms with Crippen LogP contribution in [0.5, 0.6) is 0 Å². The number of nitrogens with one attached hydrogen (secondary N) is 2. The van der Waals surface area contributed by atoms with E-state index in [1.807, 2.05) is 0 Å². The Bertz CT molecular complexity index is 5190. The Kier molecular flexibility index (Phi) is 16.0. The standard InChI is InChI=1S/C70H24F20N6S4/c71-51-47(52(72)60(80)67(87)59(51)79)43-27-9-5-23(91-27)41(39-19-17-37(99-39)35-3-1-21-97-35)24-6-10-28(92-24)44(48-53(73)61(81)68(88)62(82)54(48)74)32-14-16-34(96-32)46(50-57(77)65(85)70(90)66(86)58(50)78)30-12-8-26(94-30)42(40-20-18-38(100-40)36-4-2-22-98-36)25-7-11-29(93-25)45(33-15-13-31(43)95-33)49-55(75)63(83)69(89)64(84)56(49)76/h1-22,95-96H. The van der Waals surface area contributed by atoms with Gasteiger partial charge in [-0.1, -0.05) is 12.1 Å². The van der Waals surface area contributed by atoms with Crippen molar-refractivity contribution in [3.05, 3.63) is 245 Å². The van der Waals surface area contributed by atoms with Crippen molar-refractivity contribution in [1.82, 2.24) is 29.9 Å². The van der Waals surface area contributed by atoms with Crippen molar-refractivity contribution >= 4 is 116 Å². The van der Waals surface area contributed by atoms with E-state index in [1.54, 1.807) is 47.2 Å². The van der Waals surface area contributed by atoms with E-state index < -0.39 is 206 Å². The van der Waals surface area contributed by atoms with E-state index in [2.05, 4.69) is 29.9 Å². The Balaban J connectivity index is 1.18. The first-order valence-corrected chi connectivity index (χ1v) is 31.9. The molecule has 30 heteroatoms. The van der Waals surface area contributed by atoms with Crippen LogP contribution in [0.1, 0.15) is 45.6 Å². The molecule has 11 aromatic rings. The van der Waals surface area contributed by atoms with Gasteiger partial charge in [0.05, 0.1) is 67.8 Å². The molecule has 4 aromatic carbocycles. The van der Waals surface area contributed by atoms with Gasteiger partial charge in [-0.15, -0.1) is 45.3 Å². The monoisotopic (exact) mass is 1460 g/mol. The molecule has 11 heterocycles. The summed E-state index contributed by atoms with van der Waals surface area (Å²) in [5.41, 5.74) is -18.5. The predicted octanol–water partition coefficient (Wildman–Crippen LogP) is 23.0. The number of aromatic nitrogens is 6. The lowest BCUT2D eigenvalue weighted by Crippen LogP contribution is -2.05. The van der Waals surface area contributed by atoms with Gasteiger partial charge >= 0.3 is 0 Å². The zero-order valence-electron chi connectivity index (χ0n) is 48.7. The van der Waals surface area contributed by atoms with E-state index in [0.29, 0.717) is 19.5 Å². The molecule has 498 valence electrons. The van der Waals surface area contributed by atoms with Gasteiger partial charge in [-0.25, -0.2) is 108 Å². The fourth-order valence-electron chi connectivity index (χ4n) is 11.7. The minimum absolute atomic E-state index is 0.147. The number of nitrogens with zero attached hydrogens (tertiary/aromatic N) is 4. The van der Waals surface area contributed by atoms with Crippen LogP contribution in [-0.2, 0) is 0 Å². The SMILES string of the molecule is Fc1c(F)c(F)c(-c2c3nc(c(-c4ccc(-c5cccs5)s4)c4nc(c(-c5c(F)c(F)c(F)c(F)c5F)c5ccc([nH]5)c(-c5c(F)c(F)c(F)c(F)c5F)c5nc(c(-c6ccc(-c7cccs7)s6)c6nc(c(-c7c(F)c(F)c(F)c(F)c7F)c7ccc2[nH]7)C=C6)C=C5)C=C4)C=C3)c(F)c1F. The summed E-state index contributed by atoms with van der Waals surface area (Å²) in [7, 11) is 0. The maximum atomic E-state index is 16.6. The number of hydrogen-bond donors (Lipinski definition) is 2. The van der Waals surface area contributed by atoms with E-state index >= 15 is 70.2 Å². The summed E-state index contributed by atoms with van der Waals surface area (Å²) in [4.78, 5) is 26.2. The molecule has 6 nitrogen and oxygen atoms in total. The molecule has 15 rings (SSSR count). The van der Waals surface area contributed by atoms with Gasteiger partial charge in [0.15, 0.2) is 93.1 Å². The molecule has 0 saturated heterocycles. The van der Waals surface area contributed by atoms with Gasteiger partial charge in [0.1, 0.15) is 0 Å². The van der Waals surface area contributed by atoms with E-state index in [4.69, 9.17) is 0 Å². The third-order valence-electron chi connectivity index (χ3n) is 16.1. The molecule has 0 radical (unpaired) electrons. The van der Waals surface area contributed by atoms with Crippen LogP contribution in [0.3, 0.4) is 0 Å². The minimum Gasteiger partial charge on any atom is -0.354 e. The lowest BCUT2D eigenvalue weighted by Gasteiger charge is -2.11. The van der Waals surface area contributed by atoms with Crippen LogP contribution < -0.4 is 0 Å². The van der Waals surface area contributed by atoms with Crippen molar-refractivity contribution in [2.24, 2.45) is 0 Å².